The fraction of sp³-hybridized carbons (Fsp3) is 0.500. The van der Waals surface area contributed by atoms with E-state index in [4.69, 9.17) is 0 Å². The fourth-order valence-electron chi connectivity index (χ4n) is 1.02. The van der Waals surface area contributed by atoms with Crippen LogP contribution >= 0.6 is 0 Å². The van der Waals surface area contributed by atoms with Gasteiger partial charge in [0, 0.05) is 19.0 Å². The maximum atomic E-state index is 10.1. The van der Waals surface area contributed by atoms with Gasteiger partial charge in [-0.05, 0) is 5.92 Å². The molecule has 3 nitrogen and oxygen atoms in total. The van der Waals surface area contributed by atoms with Gasteiger partial charge in [-0.1, -0.05) is 5.92 Å². The van der Waals surface area contributed by atoms with Crippen molar-refractivity contribution in [1.82, 2.24) is 4.90 Å². The van der Waals surface area contributed by atoms with Gasteiger partial charge in [0.1, 0.15) is 6.29 Å². The minimum Gasteiger partial charge on any atom is -0.303 e. The molecular weight excluding hydrogens is 142 g/mol. The van der Waals surface area contributed by atoms with Gasteiger partial charge in [0.25, 0.3) is 0 Å². The molecule has 0 radical (unpaired) electrons. The largest absolute Gasteiger partial charge is 0.303 e. The summed E-state index contributed by atoms with van der Waals surface area (Å²) in [5, 5.41) is 0. The molecule has 0 bridgehead atoms. The minimum atomic E-state index is 0.188. The van der Waals surface area contributed by atoms with Crippen molar-refractivity contribution in [2.75, 3.05) is 19.6 Å². The second-order valence-corrected chi connectivity index (χ2v) is 2.53. The first-order chi connectivity index (χ1) is 5.36. The van der Waals surface area contributed by atoms with Crippen LogP contribution < -0.4 is 0 Å². The van der Waals surface area contributed by atoms with Gasteiger partial charge in [-0.25, -0.2) is 0 Å². The number of aldehydes is 2. The number of carbonyl (C=O) groups is 2. The van der Waals surface area contributed by atoms with E-state index in [-0.39, 0.29) is 5.92 Å². The van der Waals surface area contributed by atoms with Crippen molar-refractivity contribution in [3.63, 3.8) is 0 Å². The molecule has 0 spiro atoms. The molecule has 1 saturated heterocycles. The van der Waals surface area contributed by atoms with Gasteiger partial charge in [-0.2, -0.15) is 0 Å². The number of hydrogen-bond acceptors (Lipinski definition) is 3. The molecule has 1 heterocycles. The van der Waals surface area contributed by atoms with Gasteiger partial charge in [-0.15, -0.1) is 0 Å². The quantitative estimate of drug-likeness (QED) is 0.387. The van der Waals surface area contributed by atoms with Crippen molar-refractivity contribution >= 4 is 12.6 Å². The maximum Gasteiger partial charge on any atom is 0.192 e. The molecule has 0 saturated carbocycles. The zero-order valence-electron chi connectivity index (χ0n) is 6.12. The molecule has 0 aromatic rings. The maximum absolute atomic E-state index is 10.1. The Hall–Kier alpha value is -1.14. The first kappa shape index (κ1) is 7.96. The van der Waals surface area contributed by atoms with Gasteiger partial charge < -0.3 is 4.79 Å². The molecule has 0 atom stereocenters. The highest BCUT2D eigenvalue weighted by atomic mass is 16.1. The summed E-state index contributed by atoms with van der Waals surface area (Å²) < 4.78 is 0. The van der Waals surface area contributed by atoms with Crippen molar-refractivity contribution < 1.29 is 9.59 Å². The highest BCUT2D eigenvalue weighted by molar-refractivity contribution is 5.72. The van der Waals surface area contributed by atoms with E-state index < -0.39 is 0 Å². The van der Waals surface area contributed by atoms with Crippen LogP contribution in [0.4, 0.5) is 0 Å². The average Bonchev–Trinajstić information content (AvgIpc) is 1.94. The molecular formula is C8H9NO2. The Kier molecular flexibility index (Phi) is 2.82. The van der Waals surface area contributed by atoms with Crippen molar-refractivity contribution in [2.24, 2.45) is 5.92 Å². The third-order valence-electron chi connectivity index (χ3n) is 1.64. The number of rotatable bonds is 2. The molecule has 0 N–H and O–H groups in total. The molecule has 0 aliphatic carbocycles. The van der Waals surface area contributed by atoms with Gasteiger partial charge in [0.15, 0.2) is 6.29 Å². The standard InChI is InChI=1S/C8H9NO2/c10-4-2-1-3-9-5-8(6-9)7-11/h4,7-8H,3,5-6H2. The predicted octanol–water partition coefficient (Wildman–Crippen LogP) is -0.681. The van der Waals surface area contributed by atoms with E-state index >= 15 is 0 Å². The van der Waals surface area contributed by atoms with Crippen molar-refractivity contribution in [1.29, 1.82) is 0 Å². The lowest BCUT2D eigenvalue weighted by atomic mass is 10.0. The van der Waals surface area contributed by atoms with E-state index in [1.807, 2.05) is 4.90 Å². The van der Waals surface area contributed by atoms with E-state index in [1.54, 1.807) is 0 Å². The highest BCUT2D eigenvalue weighted by Gasteiger charge is 2.24. The van der Waals surface area contributed by atoms with Crippen LogP contribution in [0.5, 0.6) is 0 Å². The first-order valence-electron chi connectivity index (χ1n) is 3.46. The van der Waals surface area contributed by atoms with Crippen molar-refractivity contribution in [2.45, 2.75) is 0 Å². The van der Waals surface area contributed by atoms with E-state index in [0.29, 0.717) is 12.8 Å². The van der Waals surface area contributed by atoms with Crippen molar-refractivity contribution in [3.05, 3.63) is 0 Å². The molecule has 11 heavy (non-hydrogen) atoms. The molecule has 0 aromatic heterocycles. The Morgan fingerprint density at radius 2 is 2.18 bits per heavy atom. The third-order valence-corrected chi connectivity index (χ3v) is 1.64. The van der Waals surface area contributed by atoms with Crippen LogP contribution in [0, 0.1) is 17.8 Å². The summed E-state index contributed by atoms with van der Waals surface area (Å²) in [6.07, 6.45) is 1.54. The van der Waals surface area contributed by atoms with Crippen molar-refractivity contribution in [3.8, 4) is 11.8 Å². The van der Waals surface area contributed by atoms with Gasteiger partial charge in [0.2, 0.25) is 0 Å². The van der Waals surface area contributed by atoms with Crippen LogP contribution in [0.3, 0.4) is 0 Å². The summed E-state index contributed by atoms with van der Waals surface area (Å²) in [6, 6.07) is 0. The van der Waals surface area contributed by atoms with Crippen LogP contribution in [0.1, 0.15) is 0 Å². The number of likely N-dealkylation sites (tertiary alicyclic amines) is 1. The number of nitrogens with zero attached hydrogens (tertiary/aromatic N) is 1. The summed E-state index contributed by atoms with van der Waals surface area (Å²) in [4.78, 5) is 21.9. The predicted molar refractivity (Wildman–Crippen MR) is 39.8 cm³/mol. The summed E-state index contributed by atoms with van der Waals surface area (Å²) in [7, 11) is 0. The minimum absolute atomic E-state index is 0.188. The molecule has 0 unspecified atom stereocenters. The lowest BCUT2D eigenvalue weighted by molar-refractivity contribution is -0.115. The van der Waals surface area contributed by atoms with Gasteiger partial charge in [0.05, 0.1) is 6.54 Å². The zero-order valence-corrected chi connectivity index (χ0v) is 6.12. The molecule has 3 heteroatoms. The lowest BCUT2D eigenvalue weighted by Gasteiger charge is -2.34. The number of hydrogen-bond donors (Lipinski definition) is 0. The normalized spacial score (nSPS) is 17.8. The Balaban J connectivity index is 2.13. The Morgan fingerprint density at radius 3 is 2.73 bits per heavy atom. The Bertz CT molecular complexity index is 208. The van der Waals surface area contributed by atoms with Crippen LogP contribution in [0.25, 0.3) is 0 Å². The Morgan fingerprint density at radius 1 is 1.45 bits per heavy atom. The van der Waals surface area contributed by atoms with E-state index in [2.05, 4.69) is 11.8 Å². The monoisotopic (exact) mass is 151 g/mol. The zero-order chi connectivity index (χ0) is 8.10. The van der Waals surface area contributed by atoms with Crippen LogP contribution in [-0.2, 0) is 9.59 Å². The van der Waals surface area contributed by atoms with Gasteiger partial charge >= 0.3 is 0 Å². The summed E-state index contributed by atoms with van der Waals surface area (Å²) in [6.45, 7) is 2.18. The number of carbonyl (C=O) groups excluding carboxylic acids is 2. The summed E-state index contributed by atoms with van der Waals surface area (Å²) in [5.74, 6) is 5.18. The molecule has 1 rings (SSSR count). The fourth-order valence-corrected chi connectivity index (χ4v) is 1.02. The topological polar surface area (TPSA) is 37.4 Å². The molecule has 1 aliphatic rings. The van der Waals surface area contributed by atoms with E-state index in [9.17, 15) is 9.59 Å². The van der Waals surface area contributed by atoms with Gasteiger partial charge in [-0.3, -0.25) is 9.69 Å². The van der Waals surface area contributed by atoms with E-state index in [0.717, 1.165) is 19.4 Å². The Labute approximate surface area is 65.4 Å². The molecule has 0 amide bonds. The first-order valence-corrected chi connectivity index (χ1v) is 3.46. The second-order valence-electron chi connectivity index (χ2n) is 2.53. The van der Waals surface area contributed by atoms with Crippen LogP contribution in [0.2, 0.25) is 0 Å². The summed E-state index contributed by atoms with van der Waals surface area (Å²) in [5.41, 5.74) is 0. The smallest absolute Gasteiger partial charge is 0.192 e. The molecule has 1 fully saturated rings. The van der Waals surface area contributed by atoms with Crippen LogP contribution in [0.15, 0.2) is 0 Å². The highest BCUT2D eigenvalue weighted by Crippen LogP contribution is 2.10. The molecule has 1 aliphatic heterocycles. The second kappa shape index (κ2) is 3.89. The van der Waals surface area contributed by atoms with Crippen LogP contribution in [-0.4, -0.2) is 37.1 Å². The average molecular weight is 151 g/mol. The third kappa shape index (κ3) is 2.17. The summed E-state index contributed by atoms with van der Waals surface area (Å²) >= 11 is 0. The van der Waals surface area contributed by atoms with E-state index in [1.165, 1.54) is 0 Å². The SMILES string of the molecule is O=CC#CCN1CC(C=O)C1. The molecule has 0 aromatic carbocycles. The lowest BCUT2D eigenvalue weighted by Crippen LogP contribution is -2.47. The molecule has 58 valence electrons.